The van der Waals surface area contributed by atoms with Gasteiger partial charge in [-0.1, -0.05) is 26.8 Å². The van der Waals surface area contributed by atoms with Crippen molar-refractivity contribution < 1.29 is 4.79 Å². The van der Waals surface area contributed by atoms with Gasteiger partial charge >= 0.3 is 0 Å². The van der Waals surface area contributed by atoms with Crippen molar-refractivity contribution in [3.8, 4) is 0 Å². The minimum absolute atomic E-state index is 0.293. The third-order valence-corrected chi connectivity index (χ3v) is 9.36. The smallest absolute Gasteiger partial charge is 0.209 e. The van der Waals surface area contributed by atoms with E-state index in [-0.39, 0.29) is 0 Å². The van der Waals surface area contributed by atoms with Gasteiger partial charge in [-0.05, 0) is 96.3 Å². The minimum atomic E-state index is 0.293. The van der Waals surface area contributed by atoms with Crippen molar-refractivity contribution in [3.63, 3.8) is 0 Å². The summed E-state index contributed by atoms with van der Waals surface area (Å²) in [6.07, 6.45) is 16.3. The number of pyridine rings is 1. The first-order valence-corrected chi connectivity index (χ1v) is 11.4. The lowest BCUT2D eigenvalue weighted by atomic mass is 9.48. The molecule has 4 aliphatic rings. The van der Waals surface area contributed by atoms with Crippen LogP contribution in [0.1, 0.15) is 70.4 Å². The fourth-order valence-electron chi connectivity index (χ4n) is 7.83. The second-order valence-electron chi connectivity index (χ2n) is 10.3. The number of carbonyl (C=O) groups is 1. The van der Waals surface area contributed by atoms with Crippen LogP contribution in [-0.4, -0.2) is 28.9 Å². The lowest BCUT2D eigenvalue weighted by Gasteiger charge is -2.57. The third kappa shape index (κ3) is 2.40. The van der Waals surface area contributed by atoms with E-state index in [0.717, 1.165) is 37.1 Å². The van der Waals surface area contributed by atoms with Gasteiger partial charge in [0.25, 0.3) is 0 Å². The quantitative estimate of drug-likeness (QED) is 0.685. The Morgan fingerprint density at radius 1 is 1.18 bits per heavy atom. The Labute approximate surface area is 169 Å². The normalized spacial score (nSPS) is 41.8. The molecular formula is C25H34N2O. The number of likely N-dealkylation sites (tertiary alicyclic amines) is 1. The second kappa shape index (κ2) is 6.43. The standard InChI is InChI=1S/C25H34N2O/c1-4-17-13-18(15-26-14-17)20-6-7-21-19-5-8-23-25(3,11-12-27(23)16-28)22(19)9-10-24(20,21)2/h6,13-16,19,21-23H,4-5,7-12H2,1-3H3. The van der Waals surface area contributed by atoms with E-state index in [1.807, 2.05) is 6.20 Å². The molecule has 3 nitrogen and oxygen atoms in total. The van der Waals surface area contributed by atoms with Gasteiger partial charge in [0.15, 0.2) is 0 Å². The molecule has 0 spiro atoms. The third-order valence-electron chi connectivity index (χ3n) is 9.36. The average molecular weight is 379 g/mol. The van der Waals surface area contributed by atoms with Crippen LogP contribution in [0.5, 0.6) is 0 Å². The van der Waals surface area contributed by atoms with E-state index in [1.165, 1.54) is 49.7 Å². The Bertz CT molecular complexity index is 817. The highest BCUT2D eigenvalue weighted by Crippen LogP contribution is 2.66. The van der Waals surface area contributed by atoms with E-state index in [2.05, 4.69) is 49.0 Å². The predicted molar refractivity (Wildman–Crippen MR) is 113 cm³/mol. The SMILES string of the molecule is CCc1cncc(C2=CCC3C4CCC5N(C=O)CCC5(C)C4CCC23C)c1. The number of carbonyl (C=O) groups excluding carboxylic acids is 1. The number of fused-ring (bicyclic) bond motifs is 5. The van der Waals surface area contributed by atoms with Crippen molar-refractivity contribution >= 4 is 12.0 Å². The molecule has 150 valence electrons. The molecule has 3 fully saturated rings. The fourth-order valence-corrected chi connectivity index (χ4v) is 7.83. The Kier molecular flexibility index (Phi) is 4.23. The zero-order chi connectivity index (χ0) is 19.5. The summed E-state index contributed by atoms with van der Waals surface area (Å²) >= 11 is 0. The van der Waals surface area contributed by atoms with Gasteiger partial charge in [-0.25, -0.2) is 0 Å². The summed E-state index contributed by atoms with van der Waals surface area (Å²) in [5, 5.41) is 0. The van der Waals surface area contributed by atoms with E-state index < -0.39 is 0 Å². The summed E-state index contributed by atoms with van der Waals surface area (Å²) in [4.78, 5) is 18.2. The van der Waals surface area contributed by atoms with Crippen molar-refractivity contribution in [2.75, 3.05) is 6.54 Å². The van der Waals surface area contributed by atoms with Crippen LogP contribution in [0.3, 0.4) is 0 Å². The van der Waals surface area contributed by atoms with Gasteiger partial charge in [-0.3, -0.25) is 9.78 Å². The molecule has 1 amide bonds. The zero-order valence-electron chi connectivity index (χ0n) is 17.7. The first-order chi connectivity index (χ1) is 13.5. The lowest BCUT2D eigenvalue weighted by Crippen LogP contribution is -2.53. The predicted octanol–water partition coefficient (Wildman–Crippen LogP) is 5.11. The van der Waals surface area contributed by atoms with Gasteiger partial charge in [0.1, 0.15) is 0 Å². The van der Waals surface area contributed by atoms with Crippen LogP contribution in [0.2, 0.25) is 0 Å². The molecule has 28 heavy (non-hydrogen) atoms. The van der Waals surface area contributed by atoms with Gasteiger partial charge < -0.3 is 4.90 Å². The first-order valence-electron chi connectivity index (χ1n) is 11.4. The van der Waals surface area contributed by atoms with Crippen molar-refractivity contribution in [2.45, 2.75) is 71.8 Å². The van der Waals surface area contributed by atoms with E-state index >= 15 is 0 Å². The number of hydrogen-bond acceptors (Lipinski definition) is 2. The average Bonchev–Trinajstić information content (AvgIpc) is 3.24. The van der Waals surface area contributed by atoms with E-state index in [9.17, 15) is 4.79 Å². The van der Waals surface area contributed by atoms with Gasteiger partial charge in [0, 0.05) is 25.0 Å². The topological polar surface area (TPSA) is 33.2 Å². The van der Waals surface area contributed by atoms with Crippen LogP contribution in [0, 0.1) is 28.6 Å². The van der Waals surface area contributed by atoms with Crippen molar-refractivity contribution in [3.05, 3.63) is 35.7 Å². The molecular weight excluding hydrogens is 344 g/mol. The molecule has 1 saturated heterocycles. The summed E-state index contributed by atoms with van der Waals surface area (Å²) in [7, 11) is 0. The zero-order valence-corrected chi connectivity index (χ0v) is 17.7. The van der Waals surface area contributed by atoms with Crippen molar-refractivity contribution in [1.29, 1.82) is 0 Å². The molecule has 6 atom stereocenters. The van der Waals surface area contributed by atoms with E-state index in [1.54, 1.807) is 5.57 Å². The Morgan fingerprint density at radius 3 is 2.82 bits per heavy atom. The molecule has 1 aliphatic heterocycles. The molecule has 3 aliphatic carbocycles. The maximum atomic E-state index is 11.6. The number of rotatable bonds is 3. The molecule has 2 heterocycles. The molecule has 0 aromatic carbocycles. The number of aromatic nitrogens is 1. The molecule has 0 radical (unpaired) electrons. The first kappa shape index (κ1) is 18.4. The molecule has 1 aromatic heterocycles. The second-order valence-corrected chi connectivity index (χ2v) is 10.3. The highest BCUT2D eigenvalue weighted by Gasteiger charge is 2.60. The highest BCUT2D eigenvalue weighted by molar-refractivity contribution is 5.72. The number of nitrogens with zero attached hydrogens (tertiary/aromatic N) is 2. The van der Waals surface area contributed by atoms with Crippen LogP contribution in [0.15, 0.2) is 24.5 Å². The maximum Gasteiger partial charge on any atom is 0.209 e. The lowest BCUT2D eigenvalue weighted by molar-refractivity contribution is -0.123. The molecule has 2 saturated carbocycles. The molecule has 5 rings (SSSR count). The maximum absolute atomic E-state index is 11.6. The minimum Gasteiger partial charge on any atom is -0.342 e. The number of amides is 1. The summed E-state index contributed by atoms with van der Waals surface area (Å²) in [6, 6.07) is 2.85. The highest BCUT2D eigenvalue weighted by atomic mass is 16.1. The number of aryl methyl sites for hydroxylation is 1. The number of allylic oxidation sites excluding steroid dienone is 2. The summed E-state index contributed by atoms with van der Waals surface area (Å²) < 4.78 is 0. The van der Waals surface area contributed by atoms with Gasteiger partial charge in [0.2, 0.25) is 6.41 Å². The Morgan fingerprint density at radius 2 is 2.04 bits per heavy atom. The van der Waals surface area contributed by atoms with Crippen molar-refractivity contribution in [1.82, 2.24) is 9.88 Å². The molecule has 0 N–H and O–H groups in total. The van der Waals surface area contributed by atoms with Crippen molar-refractivity contribution in [2.24, 2.45) is 28.6 Å². The van der Waals surface area contributed by atoms with Crippen LogP contribution in [-0.2, 0) is 11.2 Å². The van der Waals surface area contributed by atoms with Gasteiger partial charge in [0.05, 0.1) is 0 Å². The van der Waals surface area contributed by atoms with E-state index in [0.29, 0.717) is 16.9 Å². The fraction of sp³-hybridized carbons (Fsp3) is 0.680. The largest absolute Gasteiger partial charge is 0.342 e. The summed E-state index contributed by atoms with van der Waals surface area (Å²) in [5.74, 6) is 2.35. The monoisotopic (exact) mass is 378 g/mol. The Hall–Kier alpha value is -1.64. The van der Waals surface area contributed by atoms with Crippen LogP contribution >= 0.6 is 0 Å². The van der Waals surface area contributed by atoms with Gasteiger partial charge in [-0.2, -0.15) is 0 Å². The number of hydrogen-bond donors (Lipinski definition) is 0. The van der Waals surface area contributed by atoms with Crippen LogP contribution < -0.4 is 0 Å². The molecule has 0 bridgehead atoms. The molecule has 6 unspecified atom stereocenters. The Balaban J connectivity index is 1.44. The van der Waals surface area contributed by atoms with Crippen LogP contribution in [0.4, 0.5) is 0 Å². The van der Waals surface area contributed by atoms with E-state index in [4.69, 9.17) is 0 Å². The summed E-state index contributed by atoms with van der Waals surface area (Å²) in [6.45, 7) is 8.21. The molecule has 3 heteroatoms. The summed E-state index contributed by atoms with van der Waals surface area (Å²) in [5.41, 5.74) is 4.88. The van der Waals surface area contributed by atoms with Gasteiger partial charge in [-0.15, -0.1) is 0 Å². The molecule has 1 aromatic rings. The van der Waals surface area contributed by atoms with Crippen LogP contribution in [0.25, 0.3) is 5.57 Å².